The quantitative estimate of drug-likeness (QED) is 0.129. The van der Waals surface area contributed by atoms with Gasteiger partial charge in [-0.2, -0.15) is 5.26 Å². The lowest BCUT2D eigenvalue weighted by atomic mass is 9.70. The molecule has 2 nitrogen and oxygen atoms in total. The summed E-state index contributed by atoms with van der Waals surface area (Å²) in [6.07, 6.45) is 5.28. The normalized spacial score (nSPS) is 13.0. The molecule has 2 aliphatic rings. The highest BCUT2D eigenvalue weighted by atomic mass is 14.5. The number of hydrogen-bond acceptors (Lipinski definition) is 2. The molecule has 0 saturated heterocycles. The fourth-order valence-corrected chi connectivity index (χ4v) is 7.40. The van der Waals surface area contributed by atoms with Crippen LogP contribution in [0.15, 0.2) is 158 Å². The molecule has 2 N–H and O–H groups in total. The van der Waals surface area contributed by atoms with E-state index in [-0.39, 0.29) is 5.41 Å². The molecule has 0 bridgehead atoms. The maximum Gasteiger partial charge on any atom is 0.173 e. The minimum Gasteiger partial charge on any atom is -0.337 e. The van der Waals surface area contributed by atoms with E-state index < -0.39 is 0 Å². The van der Waals surface area contributed by atoms with Gasteiger partial charge in [-0.05, 0) is 97.0 Å². The van der Waals surface area contributed by atoms with Crippen LogP contribution in [0.4, 0.5) is 0 Å². The second kappa shape index (κ2) is 11.3. The Balaban J connectivity index is 0.00000104. The number of nitrogens with two attached hydrogens (primary N) is 1. The van der Waals surface area contributed by atoms with Gasteiger partial charge in [0, 0.05) is 0 Å². The summed E-state index contributed by atoms with van der Waals surface area (Å²) in [4.78, 5) is 0. The highest BCUT2D eigenvalue weighted by Crippen LogP contribution is 2.63. The molecular weight excluding hydrogens is 544 g/mol. The Hall–Kier alpha value is -5.91. The number of benzene rings is 6. The van der Waals surface area contributed by atoms with E-state index in [4.69, 9.17) is 5.26 Å². The molecule has 0 fully saturated rings. The zero-order chi connectivity index (χ0) is 31.0. The van der Waals surface area contributed by atoms with Gasteiger partial charge in [-0.1, -0.05) is 146 Å². The molecule has 0 unspecified atom stereocenters. The molecule has 0 heterocycles. The number of nitrogens with zero attached hydrogens (tertiary/aromatic N) is 1. The van der Waals surface area contributed by atoms with Crippen LogP contribution in [0.1, 0.15) is 34.7 Å². The fourth-order valence-electron chi connectivity index (χ4n) is 7.40. The molecule has 2 heteroatoms. The van der Waals surface area contributed by atoms with Crippen molar-refractivity contribution >= 4 is 5.57 Å². The van der Waals surface area contributed by atoms with Crippen LogP contribution in [0.5, 0.6) is 0 Å². The second-order valence-corrected chi connectivity index (χ2v) is 11.4. The maximum atomic E-state index is 7.10. The smallest absolute Gasteiger partial charge is 0.173 e. The van der Waals surface area contributed by atoms with Crippen molar-refractivity contribution < 1.29 is 0 Å². The Morgan fingerprint density at radius 2 is 1.00 bits per heavy atom. The summed E-state index contributed by atoms with van der Waals surface area (Å²) in [7, 11) is 0. The van der Waals surface area contributed by atoms with Crippen LogP contribution >= 0.6 is 0 Å². The zero-order valence-electron chi connectivity index (χ0n) is 25.2. The van der Waals surface area contributed by atoms with Crippen LogP contribution in [-0.2, 0) is 5.41 Å². The Morgan fingerprint density at radius 3 is 1.49 bits per heavy atom. The van der Waals surface area contributed by atoms with Crippen LogP contribution in [0.3, 0.4) is 0 Å². The molecule has 8 rings (SSSR count). The van der Waals surface area contributed by atoms with Gasteiger partial charge in [-0.3, -0.25) is 0 Å². The first-order chi connectivity index (χ1) is 22.1. The Morgan fingerprint density at radius 1 is 0.578 bits per heavy atom. The standard InChI is InChI=1S/C42H30.CH2N2/c1-3-28(4-2)30-18-20-31(21-19-30)33-23-25-41-37(27-33)36-26-32(29-12-6-5-7-13-29)22-24-40(36)42(41)38-16-10-8-14-34(38)35-15-9-11-17-39(35)42;2-1-3/h3-27H,1H2,2H3;2H2/b28-4-;. The van der Waals surface area contributed by atoms with Crippen molar-refractivity contribution in [3.8, 4) is 50.7 Å². The van der Waals surface area contributed by atoms with E-state index in [0.29, 0.717) is 0 Å². The maximum absolute atomic E-state index is 7.10. The molecule has 0 atom stereocenters. The summed E-state index contributed by atoms with van der Waals surface area (Å²) >= 11 is 0. The lowest BCUT2D eigenvalue weighted by molar-refractivity contribution is 0.794. The third-order valence-corrected chi connectivity index (χ3v) is 9.28. The van der Waals surface area contributed by atoms with Crippen LogP contribution < -0.4 is 5.73 Å². The van der Waals surface area contributed by atoms with E-state index in [1.54, 1.807) is 0 Å². The van der Waals surface area contributed by atoms with Crippen molar-refractivity contribution in [2.24, 2.45) is 5.73 Å². The Bertz CT molecular complexity index is 2100. The summed E-state index contributed by atoms with van der Waals surface area (Å²) in [6.45, 7) is 6.03. The minimum absolute atomic E-state index is 0.333. The van der Waals surface area contributed by atoms with Crippen molar-refractivity contribution in [3.05, 3.63) is 186 Å². The predicted molar refractivity (Wildman–Crippen MR) is 187 cm³/mol. The van der Waals surface area contributed by atoms with Gasteiger partial charge in [-0.25, -0.2) is 0 Å². The molecule has 0 aromatic heterocycles. The minimum atomic E-state index is -0.333. The highest BCUT2D eigenvalue weighted by Gasteiger charge is 2.51. The number of fused-ring (bicyclic) bond motifs is 10. The molecule has 0 saturated carbocycles. The third kappa shape index (κ3) is 4.25. The van der Waals surface area contributed by atoms with Gasteiger partial charge in [0.15, 0.2) is 6.19 Å². The molecule has 0 aliphatic heterocycles. The van der Waals surface area contributed by atoms with Gasteiger partial charge in [-0.15, -0.1) is 0 Å². The molecule has 0 radical (unpaired) electrons. The molecule has 6 aromatic carbocycles. The first-order valence-corrected chi connectivity index (χ1v) is 15.2. The van der Waals surface area contributed by atoms with Crippen molar-refractivity contribution in [2.45, 2.75) is 12.3 Å². The largest absolute Gasteiger partial charge is 0.337 e. The van der Waals surface area contributed by atoms with Gasteiger partial charge in [0.05, 0.1) is 5.41 Å². The van der Waals surface area contributed by atoms with Crippen LogP contribution in [0.25, 0.3) is 50.1 Å². The van der Waals surface area contributed by atoms with Gasteiger partial charge >= 0.3 is 0 Å². The summed E-state index contributed by atoms with van der Waals surface area (Å²) in [6, 6.07) is 51.8. The van der Waals surface area contributed by atoms with Crippen molar-refractivity contribution in [1.82, 2.24) is 0 Å². The topological polar surface area (TPSA) is 49.8 Å². The number of rotatable bonds is 4. The lowest BCUT2D eigenvalue weighted by Crippen LogP contribution is -2.25. The van der Waals surface area contributed by atoms with E-state index in [1.807, 2.05) is 6.08 Å². The Labute approximate surface area is 265 Å². The highest BCUT2D eigenvalue weighted by molar-refractivity contribution is 5.97. The third-order valence-electron chi connectivity index (χ3n) is 9.28. The number of allylic oxidation sites excluding steroid dienone is 3. The molecule has 1 spiro atoms. The van der Waals surface area contributed by atoms with E-state index in [9.17, 15) is 0 Å². The molecular formula is C43H32N2. The monoisotopic (exact) mass is 576 g/mol. The van der Waals surface area contributed by atoms with Crippen LogP contribution in [-0.4, -0.2) is 0 Å². The first-order valence-electron chi connectivity index (χ1n) is 15.2. The van der Waals surface area contributed by atoms with Crippen LogP contribution in [0.2, 0.25) is 0 Å². The van der Waals surface area contributed by atoms with Crippen molar-refractivity contribution in [3.63, 3.8) is 0 Å². The van der Waals surface area contributed by atoms with E-state index in [2.05, 4.69) is 165 Å². The Kier molecular flexibility index (Phi) is 7.01. The second-order valence-electron chi connectivity index (χ2n) is 11.4. The summed E-state index contributed by atoms with van der Waals surface area (Å²) in [5, 5.41) is 7.10. The van der Waals surface area contributed by atoms with Crippen molar-refractivity contribution in [2.75, 3.05) is 0 Å². The van der Waals surface area contributed by atoms with E-state index in [0.717, 1.165) is 5.57 Å². The zero-order valence-corrected chi connectivity index (χ0v) is 25.2. The SMILES string of the molecule is C=C/C(=C/C)c1ccc(-c2ccc3c(c2)-c2cc(-c4ccccc4)ccc2C32c3ccccc3-c3ccccc32)cc1.N#CN. The number of nitriles is 1. The molecule has 214 valence electrons. The fraction of sp³-hybridized carbons (Fsp3) is 0.0465. The van der Waals surface area contributed by atoms with E-state index in [1.165, 1.54) is 78.5 Å². The lowest BCUT2D eigenvalue weighted by Gasteiger charge is -2.30. The van der Waals surface area contributed by atoms with Gasteiger partial charge < -0.3 is 5.73 Å². The molecule has 45 heavy (non-hydrogen) atoms. The molecule has 6 aromatic rings. The summed E-state index contributed by atoms with van der Waals surface area (Å²) in [5.41, 5.74) is 21.9. The van der Waals surface area contributed by atoms with Crippen molar-refractivity contribution in [1.29, 1.82) is 5.26 Å². The predicted octanol–water partition coefficient (Wildman–Crippen LogP) is 10.4. The van der Waals surface area contributed by atoms with Crippen LogP contribution in [0, 0.1) is 11.5 Å². The van der Waals surface area contributed by atoms with Gasteiger partial charge in [0.25, 0.3) is 0 Å². The molecule has 0 amide bonds. The van der Waals surface area contributed by atoms with Gasteiger partial charge in [0.2, 0.25) is 0 Å². The first kappa shape index (κ1) is 27.9. The van der Waals surface area contributed by atoms with Gasteiger partial charge in [0.1, 0.15) is 0 Å². The number of hydrogen-bond donors (Lipinski definition) is 1. The molecule has 2 aliphatic carbocycles. The summed E-state index contributed by atoms with van der Waals surface area (Å²) < 4.78 is 0. The average Bonchev–Trinajstić information content (AvgIpc) is 3.56. The van der Waals surface area contributed by atoms with E-state index >= 15 is 0 Å². The average molecular weight is 577 g/mol. The summed E-state index contributed by atoms with van der Waals surface area (Å²) in [5.74, 6) is 0.